The van der Waals surface area contributed by atoms with Crippen LogP contribution in [0.25, 0.3) is 16.7 Å². The van der Waals surface area contributed by atoms with Gasteiger partial charge in [0.1, 0.15) is 5.65 Å². The van der Waals surface area contributed by atoms with E-state index in [1.165, 1.54) is 23.7 Å². The molecular formula is C25H34N8OS. The maximum atomic E-state index is 12.8. The molecule has 0 bridgehead atoms. The van der Waals surface area contributed by atoms with Crippen LogP contribution in [-0.4, -0.2) is 51.1 Å². The summed E-state index contributed by atoms with van der Waals surface area (Å²) in [6.07, 6.45) is 7.31. The molecule has 2 saturated heterocycles. The Morgan fingerprint density at radius 3 is 2.86 bits per heavy atom. The van der Waals surface area contributed by atoms with Gasteiger partial charge in [0.05, 0.1) is 5.69 Å². The van der Waals surface area contributed by atoms with E-state index < -0.39 is 0 Å². The Hall–Kier alpha value is -2.66. The van der Waals surface area contributed by atoms with Crippen LogP contribution in [0.1, 0.15) is 55.4 Å². The van der Waals surface area contributed by atoms with E-state index in [-0.39, 0.29) is 16.9 Å². The van der Waals surface area contributed by atoms with Gasteiger partial charge in [0.15, 0.2) is 5.17 Å². The van der Waals surface area contributed by atoms with Crippen LogP contribution >= 0.6 is 11.8 Å². The minimum atomic E-state index is -0.287. The van der Waals surface area contributed by atoms with Crippen molar-refractivity contribution in [3.8, 4) is 5.69 Å². The third kappa shape index (κ3) is 5.45. The lowest BCUT2D eigenvalue weighted by molar-refractivity contribution is 0.320. The van der Waals surface area contributed by atoms with Gasteiger partial charge in [0.2, 0.25) is 0 Å². The lowest BCUT2D eigenvalue weighted by Gasteiger charge is -2.31. The molecule has 2 fully saturated rings. The van der Waals surface area contributed by atoms with Crippen molar-refractivity contribution in [1.29, 1.82) is 5.41 Å². The Morgan fingerprint density at radius 2 is 2.11 bits per heavy atom. The zero-order valence-corrected chi connectivity index (χ0v) is 20.8. The number of piperidine rings is 1. The van der Waals surface area contributed by atoms with Crippen molar-refractivity contribution in [3.63, 3.8) is 0 Å². The monoisotopic (exact) mass is 494 g/mol. The molecule has 9 nitrogen and oxygen atoms in total. The van der Waals surface area contributed by atoms with Crippen LogP contribution in [-0.2, 0) is 0 Å². The van der Waals surface area contributed by atoms with E-state index >= 15 is 0 Å². The highest BCUT2D eigenvalue weighted by molar-refractivity contribution is 8.13. The number of fused-ring (bicyclic) bond motifs is 1. The van der Waals surface area contributed by atoms with E-state index in [9.17, 15) is 4.79 Å². The molecule has 7 N–H and O–H groups in total. The molecule has 2 aliphatic rings. The van der Waals surface area contributed by atoms with Gasteiger partial charge in [-0.25, -0.2) is 4.79 Å². The highest BCUT2D eigenvalue weighted by atomic mass is 32.2. The molecule has 0 aliphatic carbocycles. The number of benzene rings is 1. The number of aromatic nitrogens is 3. The van der Waals surface area contributed by atoms with Crippen molar-refractivity contribution in [1.82, 2.24) is 30.5 Å². The SMILES string of the molecule is CN[C@H]1CNC(c2cc3cn(-c4ccc([C@@H]5CCC[C@@H](CCSC(=N)N)N5)cc4)c(=O)nc3[nH]2)C1. The number of hydrogen-bond acceptors (Lipinski definition) is 7. The summed E-state index contributed by atoms with van der Waals surface area (Å²) < 4.78 is 1.62. The lowest BCUT2D eigenvalue weighted by Crippen LogP contribution is -2.37. The largest absolute Gasteiger partial charge is 0.379 e. The zero-order chi connectivity index (χ0) is 24.4. The van der Waals surface area contributed by atoms with E-state index in [2.05, 4.69) is 44.1 Å². The first-order valence-electron chi connectivity index (χ1n) is 12.4. The molecule has 1 unspecified atom stereocenters. The second-order valence-corrected chi connectivity index (χ2v) is 10.7. The fraction of sp³-hybridized carbons (Fsp3) is 0.480. The molecule has 2 aliphatic heterocycles. The van der Waals surface area contributed by atoms with Crippen LogP contribution in [0.15, 0.2) is 41.3 Å². The van der Waals surface area contributed by atoms with Gasteiger partial charge in [-0.3, -0.25) is 9.98 Å². The van der Waals surface area contributed by atoms with Crippen LogP contribution in [0.3, 0.4) is 0 Å². The maximum absolute atomic E-state index is 12.8. The Balaban J connectivity index is 1.30. The molecule has 10 heteroatoms. The molecule has 4 heterocycles. The normalized spacial score (nSPS) is 24.7. The molecule has 4 atom stereocenters. The van der Waals surface area contributed by atoms with Crippen LogP contribution in [0.2, 0.25) is 0 Å². The van der Waals surface area contributed by atoms with Crippen LogP contribution in [0.4, 0.5) is 0 Å². The molecule has 35 heavy (non-hydrogen) atoms. The van der Waals surface area contributed by atoms with Crippen molar-refractivity contribution in [2.75, 3.05) is 19.3 Å². The van der Waals surface area contributed by atoms with E-state index in [0.29, 0.717) is 23.8 Å². The number of H-pyrrole nitrogens is 1. The summed E-state index contributed by atoms with van der Waals surface area (Å²) in [6, 6.07) is 11.8. The van der Waals surface area contributed by atoms with E-state index in [0.717, 1.165) is 54.7 Å². The maximum Gasteiger partial charge on any atom is 0.354 e. The number of hydrogen-bond donors (Lipinski definition) is 6. The predicted octanol–water partition coefficient (Wildman–Crippen LogP) is 2.54. The minimum absolute atomic E-state index is 0.185. The van der Waals surface area contributed by atoms with Crippen LogP contribution < -0.4 is 27.4 Å². The van der Waals surface area contributed by atoms with Gasteiger partial charge in [-0.05, 0) is 56.5 Å². The third-order valence-corrected chi connectivity index (χ3v) is 7.97. The van der Waals surface area contributed by atoms with Crippen molar-refractivity contribution in [2.45, 2.75) is 56.3 Å². The van der Waals surface area contributed by atoms with Gasteiger partial charge >= 0.3 is 5.69 Å². The highest BCUT2D eigenvalue weighted by Crippen LogP contribution is 2.28. The van der Waals surface area contributed by atoms with Gasteiger partial charge in [0.25, 0.3) is 0 Å². The first kappa shape index (κ1) is 24.1. The first-order valence-corrected chi connectivity index (χ1v) is 13.3. The van der Waals surface area contributed by atoms with Crippen molar-refractivity contribution < 1.29 is 0 Å². The Kier molecular flexibility index (Phi) is 7.24. The Morgan fingerprint density at radius 1 is 1.29 bits per heavy atom. The molecular weight excluding hydrogens is 460 g/mol. The fourth-order valence-electron chi connectivity index (χ4n) is 5.27. The molecule has 3 aromatic rings. The fourth-order valence-corrected chi connectivity index (χ4v) is 5.89. The number of thioether (sulfide) groups is 1. The quantitative estimate of drug-likeness (QED) is 0.219. The van der Waals surface area contributed by atoms with Gasteiger partial charge in [-0.1, -0.05) is 30.3 Å². The zero-order valence-electron chi connectivity index (χ0n) is 20.0. The number of nitrogens with one attached hydrogen (secondary N) is 5. The van der Waals surface area contributed by atoms with E-state index in [1.807, 2.05) is 25.4 Å². The van der Waals surface area contributed by atoms with Crippen molar-refractivity contribution in [3.05, 3.63) is 58.3 Å². The summed E-state index contributed by atoms with van der Waals surface area (Å²) in [7, 11) is 1.98. The standard InChI is InChI=1S/C25H34N8OS/c1-28-18-12-21(29-13-18)22-11-16-14-33(25(34)32-23(16)31-22)19-7-5-15(6-8-19)20-4-2-3-17(30-20)9-10-35-24(26)27/h5-8,11,14,17-18,20-21,28-30H,2-4,9-10,12-13H2,1H3,(H3,26,27)(H,31,32,34)/t17-,18+,20-,21?/m0/s1. The summed E-state index contributed by atoms with van der Waals surface area (Å²) in [4.78, 5) is 20.5. The van der Waals surface area contributed by atoms with E-state index in [4.69, 9.17) is 11.1 Å². The van der Waals surface area contributed by atoms with Crippen LogP contribution in [0, 0.1) is 5.41 Å². The Bertz CT molecular complexity index is 1240. The summed E-state index contributed by atoms with van der Waals surface area (Å²) >= 11 is 1.41. The molecule has 0 saturated carbocycles. The topological polar surface area (TPSA) is 137 Å². The third-order valence-electron chi connectivity index (χ3n) is 7.22. The summed E-state index contributed by atoms with van der Waals surface area (Å²) in [5.74, 6) is 0.866. The van der Waals surface area contributed by atoms with Crippen molar-refractivity contribution in [2.24, 2.45) is 5.73 Å². The summed E-state index contributed by atoms with van der Waals surface area (Å²) in [5.41, 5.74) is 8.92. The molecule has 186 valence electrons. The number of rotatable bonds is 7. The Labute approximate surface area is 209 Å². The van der Waals surface area contributed by atoms with Crippen LogP contribution in [0.5, 0.6) is 0 Å². The number of likely N-dealkylation sites (N-methyl/N-ethyl adjacent to an activating group) is 1. The molecule has 2 aromatic heterocycles. The van der Waals surface area contributed by atoms with Crippen molar-refractivity contribution >= 4 is 28.0 Å². The molecule has 1 aromatic carbocycles. The molecule has 0 spiro atoms. The predicted molar refractivity (Wildman–Crippen MR) is 142 cm³/mol. The minimum Gasteiger partial charge on any atom is -0.379 e. The van der Waals surface area contributed by atoms with Gasteiger partial charge in [0, 0.05) is 53.7 Å². The molecule has 5 rings (SSSR count). The van der Waals surface area contributed by atoms with Gasteiger partial charge in [-0.15, -0.1) is 0 Å². The summed E-state index contributed by atoms with van der Waals surface area (Å²) in [5, 5.41) is 19.1. The number of nitrogens with two attached hydrogens (primary N) is 1. The summed E-state index contributed by atoms with van der Waals surface area (Å²) in [6.45, 7) is 0.928. The smallest absolute Gasteiger partial charge is 0.354 e. The van der Waals surface area contributed by atoms with E-state index in [1.54, 1.807) is 4.57 Å². The second kappa shape index (κ2) is 10.5. The molecule has 0 amide bonds. The first-order chi connectivity index (χ1) is 17.0. The number of amidine groups is 1. The highest BCUT2D eigenvalue weighted by Gasteiger charge is 2.26. The number of nitrogens with zero attached hydrogens (tertiary/aromatic N) is 2. The van der Waals surface area contributed by atoms with Gasteiger partial charge < -0.3 is 26.7 Å². The second-order valence-electron chi connectivity index (χ2n) is 9.54. The lowest BCUT2D eigenvalue weighted by atomic mass is 9.92. The average molecular weight is 495 g/mol. The van der Waals surface area contributed by atoms with Gasteiger partial charge in [-0.2, -0.15) is 4.98 Å². The average Bonchev–Trinajstić information content (AvgIpc) is 3.50. The molecule has 0 radical (unpaired) electrons. The number of aromatic amines is 1.